The van der Waals surface area contributed by atoms with Gasteiger partial charge in [0.15, 0.2) is 0 Å². The van der Waals surface area contributed by atoms with Crippen molar-refractivity contribution in [3.8, 4) is 17.0 Å². The van der Waals surface area contributed by atoms with Gasteiger partial charge < -0.3 is 14.4 Å². The van der Waals surface area contributed by atoms with Gasteiger partial charge in [-0.05, 0) is 68.2 Å². The largest absolute Gasteiger partial charge is 0.496 e. The number of thioether (sulfide) groups is 1. The van der Waals surface area contributed by atoms with E-state index in [2.05, 4.69) is 49.1 Å². The van der Waals surface area contributed by atoms with Crippen molar-refractivity contribution in [2.75, 3.05) is 31.4 Å². The molecule has 0 spiro atoms. The van der Waals surface area contributed by atoms with Crippen molar-refractivity contribution in [2.45, 2.75) is 44.2 Å². The number of carbonyl (C=O) groups excluding carboxylic acids is 1. The third kappa shape index (κ3) is 3.62. The van der Waals surface area contributed by atoms with Crippen LogP contribution in [-0.4, -0.2) is 48.1 Å². The minimum atomic E-state index is -0.242. The van der Waals surface area contributed by atoms with Gasteiger partial charge in [-0.2, -0.15) is 5.10 Å². The number of aryl methyl sites for hydroxylation is 2. The molecule has 2 fully saturated rings. The van der Waals surface area contributed by atoms with Gasteiger partial charge in [0.05, 0.1) is 30.6 Å². The lowest BCUT2D eigenvalue weighted by molar-refractivity contribution is -0.139. The van der Waals surface area contributed by atoms with Crippen LogP contribution < -0.4 is 9.64 Å². The molecular weight excluding hydrogens is 422 g/mol. The summed E-state index contributed by atoms with van der Waals surface area (Å²) < 4.78 is 13.1. The Morgan fingerprint density at radius 3 is 2.72 bits per heavy atom. The number of nitrogens with zero attached hydrogens (tertiary/aromatic N) is 3. The maximum atomic E-state index is 12.6. The molecule has 168 valence electrons. The molecule has 1 saturated heterocycles. The third-order valence-electron chi connectivity index (χ3n) is 6.44. The van der Waals surface area contributed by atoms with Crippen LogP contribution in [0, 0.1) is 19.8 Å². The summed E-state index contributed by atoms with van der Waals surface area (Å²) in [7, 11) is 1.71. The lowest BCUT2D eigenvalue weighted by Crippen LogP contribution is -2.40. The molecule has 1 aliphatic carbocycles. The zero-order chi connectivity index (χ0) is 22.4. The Morgan fingerprint density at radius 1 is 1.25 bits per heavy atom. The number of hydrogen-bond donors (Lipinski definition) is 0. The fraction of sp³-hybridized carbons (Fsp3) is 0.440. The molecule has 6 nitrogen and oxygen atoms in total. The number of rotatable bonds is 7. The molecule has 1 saturated carbocycles. The van der Waals surface area contributed by atoms with Gasteiger partial charge >= 0.3 is 5.97 Å². The fourth-order valence-electron chi connectivity index (χ4n) is 4.77. The van der Waals surface area contributed by atoms with E-state index >= 15 is 0 Å². The zero-order valence-electron chi connectivity index (χ0n) is 19.1. The average Bonchev–Trinajstić information content (AvgIpc) is 3.37. The summed E-state index contributed by atoms with van der Waals surface area (Å²) in [4.78, 5) is 14.9. The van der Waals surface area contributed by atoms with Crippen molar-refractivity contribution >= 4 is 28.9 Å². The number of carbonyl (C=O) groups is 1. The Bertz CT molecular complexity index is 1180. The van der Waals surface area contributed by atoms with E-state index in [0.717, 1.165) is 57.3 Å². The summed E-state index contributed by atoms with van der Waals surface area (Å²) in [6, 6.07) is 10.2. The fourth-order valence-corrected chi connectivity index (χ4v) is 5.35. The highest BCUT2D eigenvalue weighted by molar-refractivity contribution is 7.98. The smallest absolute Gasteiger partial charge is 0.328 e. The van der Waals surface area contributed by atoms with E-state index in [1.54, 1.807) is 18.9 Å². The van der Waals surface area contributed by atoms with Crippen LogP contribution >= 0.6 is 11.8 Å². The average molecular weight is 452 g/mol. The summed E-state index contributed by atoms with van der Waals surface area (Å²) in [5.41, 5.74) is 6.38. The topological polar surface area (TPSA) is 56.1 Å². The first-order valence-corrected chi connectivity index (χ1v) is 12.4. The number of anilines is 1. The number of pyridine rings is 1. The van der Waals surface area contributed by atoms with Gasteiger partial charge in [0.25, 0.3) is 0 Å². The maximum Gasteiger partial charge on any atom is 0.328 e. The van der Waals surface area contributed by atoms with Crippen LogP contribution in [0.5, 0.6) is 5.75 Å². The quantitative estimate of drug-likeness (QED) is 0.377. The standard InChI is InChI=1S/C25H29N3O3S/c1-15-12-16(2)22(21(13-15)30-3)18-6-5-7-19-23(24(32-4)26-28(18)19)27(14-17-8-9-17)20-10-11-31-25(20)29/h5-7,12-13,17,20H,8-11,14H2,1-4H3. The number of ether oxygens (including phenoxy) is 2. The van der Waals surface area contributed by atoms with Crippen LogP contribution in [0.3, 0.4) is 0 Å². The molecule has 7 heteroatoms. The molecule has 1 unspecified atom stereocenters. The molecule has 1 aromatic carbocycles. The van der Waals surface area contributed by atoms with E-state index in [9.17, 15) is 4.79 Å². The van der Waals surface area contributed by atoms with Gasteiger partial charge in [0, 0.05) is 18.5 Å². The second-order valence-corrected chi connectivity index (χ2v) is 9.59. The van der Waals surface area contributed by atoms with Crippen molar-refractivity contribution < 1.29 is 14.3 Å². The summed E-state index contributed by atoms with van der Waals surface area (Å²) in [6.45, 7) is 5.54. The van der Waals surface area contributed by atoms with Gasteiger partial charge in [-0.25, -0.2) is 9.31 Å². The van der Waals surface area contributed by atoms with Crippen LogP contribution in [-0.2, 0) is 9.53 Å². The van der Waals surface area contributed by atoms with Crippen LogP contribution in [0.1, 0.15) is 30.4 Å². The van der Waals surface area contributed by atoms with Gasteiger partial charge in [0.2, 0.25) is 0 Å². The van der Waals surface area contributed by atoms with Crippen molar-refractivity contribution in [2.24, 2.45) is 5.92 Å². The van der Waals surface area contributed by atoms with Gasteiger partial charge in [-0.3, -0.25) is 0 Å². The predicted octanol–water partition coefficient (Wildman–Crippen LogP) is 4.88. The molecule has 0 N–H and O–H groups in total. The monoisotopic (exact) mass is 451 g/mol. The van der Waals surface area contributed by atoms with E-state index in [-0.39, 0.29) is 12.0 Å². The van der Waals surface area contributed by atoms with E-state index in [4.69, 9.17) is 14.6 Å². The van der Waals surface area contributed by atoms with Crippen LogP contribution in [0.25, 0.3) is 16.8 Å². The summed E-state index contributed by atoms with van der Waals surface area (Å²) in [5.74, 6) is 1.35. The van der Waals surface area contributed by atoms with Crippen molar-refractivity contribution in [1.29, 1.82) is 0 Å². The lowest BCUT2D eigenvalue weighted by atomic mass is 10.0. The lowest BCUT2D eigenvalue weighted by Gasteiger charge is -2.28. The van der Waals surface area contributed by atoms with E-state index in [0.29, 0.717) is 12.5 Å². The molecule has 0 bridgehead atoms. The van der Waals surface area contributed by atoms with Gasteiger partial charge in [-0.1, -0.05) is 12.1 Å². The van der Waals surface area contributed by atoms with Crippen LogP contribution in [0.15, 0.2) is 35.4 Å². The Kier molecular flexibility index (Phi) is 5.53. The molecule has 3 aromatic rings. The number of benzene rings is 1. The molecule has 3 heterocycles. The first-order chi connectivity index (χ1) is 15.5. The normalized spacial score (nSPS) is 18.2. The Labute approximate surface area is 192 Å². The molecule has 2 aromatic heterocycles. The van der Waals surface area contributed by atoms with Crippen molar-refractivity contribution in [3.63, 3.8) is 0 Å². The zero-order valence-corrected chi connectivity index (χ0v) is 19.9. The third-order valence-corrected chi connectivity index (χ3v) is 7.10. The molecule has 0 radical (unpaired) electrons. The highest BCUT2D eigenvalue weighted by Gasteiger charge is 2.38. The molecule has 0 amide bonds. The van der Waals surface area contributed by atoms with Crippen LogP contribution in [0.4, 0.5) is 5.69 Å². The number of esters is 1. The first-order valence-electron chi connectivity index (χ1n) is 11.2. The minimum absolute atomic E-state index is 0.121. The highest BCUT2D eigenvalue weighted by atomic mass is 32.2. The Balaban J connectivity index is 1.71. The summed E-state index contributed by atoms with van der Waals surface area (Å²) in [5, 5.41) is 5.95. The van der Waals surface area contributed by atoms with E-state index in [1.807, 2.05) is 10.8 Å². The number of aromatic nitrogens is 2. The number of fused-ring (bicyclic) bond motifs is 1. The van der Waals surface area contributed by atoms with E-state index in [1.165, 1.54) is 12.8 Å². The summed E-state index contributed by atoms with van der Waals surface area (Å²) >= 11 is 1.62. The number of hydrogen-bond acceptors (Lipinski definition) is 6. The second kappa shape index (κ2) is 8.35. The maximum absolute atomic E-state index is 12.6. The molecule has 5 rings (SSSR count). The Hall–Kier alpha value is -2.67. The molecule has 1 atom stereocenters. The van der Waals surface area contributed by atoms with Crippen molar-refractivity contribution in [1.82, 2.24) is 9.61 Å². The van der Waals surface area contributed by atoms with Crippen LogP contribution in [0.2, 0.25) is 0 Å². The van der Waals surface area contributed by atoms with Crippen molar-refractivity contribution in [3.05, 3.63) is 41.5 Å². The van der Waals surface area contributed by atoms with E-state index < -0.39 is 0 Å². The molecular formula is C25H29N3O3S. The predicted molar refractivity (Wildman–Crippen MR) is 128 cm³/mol. The summed E-state index contributed by atoms with van der Waals surface area (Å²) in [6.07, 6.45) is 5.21. The Morgan fingerprint density at radius 2 is 2.06 bits per heavy atom. The molecule has 1 aliphatic heterocycles. The minimum Gasteiger partial charge on any atom is -0.496 e. The number of cyclic esters (lactones) is 1. The molecule has 2 aliphatic rings. The number of methoxy groups -OCH3 is 1. The first kappa shape index (κ1) is 21.2. The SMILES string of the molecule is COc1cc(C)cc(C)c1-c1cccc2c(N(CC3CC3)C3CCOC3=O)c(SC)nn12. The second-order valence-electron chi connectivity index (χ2n) is 8.79. The van der Waals surface area contributed by atoms with Gasteiger partial charge in [0.1, 0.15) is 16.8 Å². The van der Waals surface area contributed by atoms with Gasteiger partial charge in [-0.15, -0.1) is 11.8 Å². The molecule has 32 heavy (non-hydrogen) atoms. The highest BCUT2D eigenvalue weighted by Crippen LogP contribution is 2.42.